The summed E-state index contributed by atoms with van der Waals surface area (Å²) in [6.07, 6.45) is 4.05. The van der Waals surface area contributed by atoms with E-state index in [0.717, 1.165) is 5.56 Å². The third-order valence-electron chi connectivity index (χ3n) is 2.91. The van der Waals surface area contributed by atoms with E-state index in [4.69, 9.17) is 18.9 Å². The van der Waals surface area contributed by atoms with E-state index < -0.39 is 0 Å². The first-order valence-electron chi connectivity index (χ1n) is 7.14. The molecule has 22 heavy (non-hydrogen) atoms. The zero-order valence-electron chi connectivity index (χ0n) is 13.8. The van der Waals surface area contributed by atoms with Gasteiger partial charge in [-0.25, -0.2) is 0 Å². The van der Waals surface area contributed by atoms with Crippen LogP contribution >= 0.6 is 0 Å². The van der Waals surface area contributed by atoms with Crippen LogP contribution in [-0.2, 0) is 9.53 Å². The molecule has 0 aliphatic heterocycles. The molecule has 0 heterocycles. The van der Waals surface area contributed by atoms with Gasteiger partial charge >= 0.3 is 5.97 Å². The van der Waals surface area contributed by atoms with Gasteiger partial charge in [-0.15, -0.1) is 0 Å². The van der Waals surface area contributed by atoms with Crippen LogP contribution in [0.4, 0.5) is 0 Å². The molecular weight excluding hydrogens is 284 g/mol. The summed E-state index contributed by atoms with van der Waals surface area (Å²) in [5, 5.41) is 0. The van der Waals surface area contributed by atoms with Gasteiger partial charge in [-0.2, -0.15) is 0 Å². The van der Waals surface area contributed by atoms with E-state index >= 15 is 0 Å². The minimum Gasteiger partial charge on any atom is -0.493 e. The fourth-order valence-corrected chi connectivity index (χ4v) is 1.92. The van der Waals surface area contributed by atoms with Crippen molar-refractivity contribution in [3.63, 3.8) is 0 Å². The van der Waals surface area contributed by atoms with Crippen molar-refractivity contribution in [2.75, 3.05) is 27.9 Å². The van der Waals surface area contributed by atoms with Crippen LogP contribution in [0.3, 0.4) is 0 Å². The molecule has 0 radical (unpaired) electrons. The highest BCUT2D eigenvalue weighted by molar-refractivity contribution is 5.70. The summed E-state index contributed by atoms with van der Waals surface area (Å²) in [6.45, 7) is 4.20. The molecule has 0 saturated carbocycles. The monoisotopic (exact) mass is 308 g/mol. The summed E-state index contributed by atoms with van der Waals surface area (Å²) in [5.41, 5.74) is 0.870. The van der Waals surface area contributed by atoms with Crippen LogP contribution < -0.4 is 14.2 Å². The lowest BCUT2D eigenvalue weighted by Gasteiger charge is -2.12. The van der Waals surface area contributed by atoms with E-state index in [1.54, 1.807) is 27.4 Å². The third kappa shape index (κ3) is 5.31. The van der Waals surface area contributed by atoms with Gasteiger partial charge in [-0.1, -0.05) is 19.9 Å². The smallest absolute Gasteiger partial charge is 0.306 e. The average molecular weight is 308 g/mol. The van der Waals surface area contributed by atoms with Crippen LogP contribution in [0.5, 0.6) is 17.2 Å². The number of ether oxygens (including phenoxy) is 4. The minimum atomic E-state index is -0.190. The molecule has 1 rings (SSSR count). The summed E-state index contributed by atoms with van der Waals surface area (Å²) in [7, 11) is 4.70. The Labute approximate surface area is 131 Å². The van der Waals surface area contributed by atoms with Crippen molar-refractivity contribution >= 4 is 12.0 Å². The van der Waals surface area contributed by atoms with Gasteiger partial charge in [-0.3, -0.25) is 4.79 Å². The molecule has 1 aromatic rings. The van der Waals surface area contributed by atoms with Gasteiger partial charge in [-0.05, 0) is 29.7 Å². The molecule has 0 spiro atoms. The average Bonchev–Trinajstić information content (AvgIpc) is 2.49. The van der Waals surface area contributed by atoms with E-state index in [1.165, 1.54) is 0 Å². The van der Waals surface area contributed by atoms with Crippen molar-refractivity contribution in [2.45, 2.75) is 20.3 Å². The van der Waals surface area contributed by atoms with Gasteiger partial charge in [0.2, 0.25) is 5.75 Å². The molecule has 122 valence electrons. The maximum absolute atomic E-state index is 11.4. The van der Waals surface area contributed by atoms with Crippen molar-refractivity contribution < 1.29 is 23.7 Å². The van der Waals surface area contributed by atoms with E-state index in [2.05, 4.69) is 0 Å². The molecule has 5 nitrogen and oxygen atoms in total. The molecule has 0 unspecified atom stereocenters. The lowest BCUT2D eigenvalue weighted by Crippen LogP contribution is -2.07. The maximum atomic E-state index is 11.4. The predicted molar refractivity (Wildman–Crippen MR) is 85.5 cm³/mol. The molecule has 0 aromatic heterocycles. The number of rotatable bonds is 8. The second-order valence-corrected chi connectivity index (χ2v) is 5.14. The number of benzene rings is 1. The van der Waals surface area contributed by atoms with Crippen molar-refractivity contribution in [3.8, 4) is 17.2 Å². The Morgan fingerprint density at radius 3 is 2.14 bits per heavy atom. The Balaban J connectivity index is 2.73. The fraction of sp³-hybridized carbons (Fsp3) is 0.471. The molecular formula is C17H24O5. The molecule has 0 atom stereocenters. The summed E-state index contributed by atoms with van der Waals surface area (Å²) in [6, 6.07) is 3.65. The van der Waals surface area contributed by atoms with Crippen LogP contribution in [0, 0.1) is 5.92 Å². The molecule has 1 aromatic carbocycles. The van der Waals surface area contributed by atoms with Gasteiger partial charge < -0.3 is 18.9 Å². The normalized spacial score (nSPS) is 10.8. The Hall–Kier alpha value is -2.17. The maximum Gasteiger partial charge on any atom is 0.306 e. The van der Waals surface area contributed by atoms with Crippen LogP contribution in [0.15, 0.2) is 18.2 Å². The minimum absolute atomic E-state index is 0.190. The number of methoxy groups -OCH3 is 3. The second kappa shape index (κ2) is 8.97. The Morgan fingerprint density at radius 2 is 1.68 bits per heavy atom. The SMILES string of the molecule is COc1cc(C=CCOC(=O)CC(C)C)cc(OC)c1OC. The summed E-state index contributed by atoms with van der Waals surface area (Å²) in [4.78, 5) is 11.4. The number of hydrogen-bond donors (Lipinski definition) is 0. The first-order valence-corrected chi connectivity index (χ1v) is 7.14. The molecule has 0 fully saturated rings. The number of carbonyl (C=O) groups excluding carboxylic acids is 1. The summed E-state index contributed by atoms with van der Waals surface area (Å²) >= 11 is 0. The third-order valence-corrected chi connectivity index (χ3v) is 2.91. The van der Waals surface area contributed by atoms with E-state index in [0.29, 0.717) is 29.6 Å². The zero-order chi connectivity index (χ0) is 16.5. The molecule has 0 aliphatic rings. The molecule has 0 N–H and O–H groups in total. The Kier molecular flexibility index (Phi) is 7.29. The van der Waals surface area contributed by atoms with Gasteiger partial charge in [0.1, 0.15) is 6.61 Å². The largest absolute Gasteiger partial charge is 0.493 e. The summed E-state index contributed by atoms with van der Waals surface area (Å²) in [5.74, 6) is 1.82. The van der Waals surface area contributed by atoms with Gasteiger partial charge in [0.05, 0.1) is 21.3 Å². The Bertz CT molecular complexity index is 495. The molecule has 0 amide bonds. The van der Waals surface area contributed by atoms with Crippen molar-refractivity contribution in [1.29, 1.82) is 0 Å². The highest BCUT2D eigenvalue weighted by atomic mass is 16.5. The molecule has 0 aliphatic carbocycles. The lowest BCUT2D eigenvalue weighted by molar-refractivity contribution is -0.143. The number of carbonyl (C=O) groups is 1. The zero-order valence-corrected chi connectivity index (χ0v) is 13.8. The summed E-state index contributed by atoms with van der Waals surface area (Å²) < 4.78 is 21.0. The highest BCUT2D eigenvalue weighted by Gasteiger charge is 2.12. The van der Waals surface area contributed by atoms with E-state index in [-0.39, 0.29) is 12.6 Å². The first-order chi connectivity index (χ1) is 10.5. The van der Waals surface area contributed by atoms with Gasteiger partial charge in [0.15, 0.2) is 11.5 Å². The molecule has 0 saturated heterocycles. The van der Waals surface area contributed by atoms with Crippen molar-refractivity contribution in [1.82, 2.24) is 0 Å². The quantitative estimate of drug-likeness (QED) is 0.690. The van der Waals surface area contributed by atoms with Crippen LogP contribution in [0.25, 0.3) is 6.08 Å². The van der Waals surface area contributed by atoms with E-state index in [1.807, 2.05) is 32.1 Å². The van der Waals surface area contributed by atoms with Gasteiger partial charge in [0, 0.05) is 6.42 Å². The van der Waals surface area contributed by atoms with Gasteiger partial charge in [0.25, 0.3) is 0 Å². The van der Waals surface area contributed by atoms with Crippen LogP contribution in [-0.4, -0.2) is 33.9 Å². The molecule has 0 bridgehead atoms. The highest BCUT2D eigenvalue weighted by Crippen LogP contribution is 2.38. The fourth-order valence-electron chi connectivity index (χ4n) is 1.92. The predicted octanol–water partition coefficient (Wildman–Crippen LogP) is 3.31. The lowest BCUT2D eigenvalue weighted by atomic mass is 10.1. The second-order valence-electron chi connectivity index (χ2n) is 5.14. The van der Waals surface area contributed by atoms with Crippen LogP contribution in [0.2, 0.25) is 0 Å². The van der Waals surface area contributed by atoms with Crippen molar-refractivity contribution in [2.24, 2.45) is 5.92 Å². The number of hydrogen-bond acceptors (Lipinski definition) is 5. The molecule has 5 heteroatoms. The first kappa shape index (κ1) is 17.9. The van der Waals surface area contributed by atoms with Crippen molar-refractivity contribution in [3.05, 3.63) is 23.8 Å². The Morgan fingerprint density at radius 1 is 1.09 bits per heavy atom. The topological polar surface area (TPSA) is 54.0 Å². The standard InChI is InChI=1S/C17H24O5/c1-12(2)9-16(18)22-8-6-7-13-10-14(19-3)17(21-5)15(11-13)20-4/h6-7,10-12H,8-9H2,1-5H3. The van der Waals surface area contributed by atoms with E-state index in [9.17, 15) is 4.79 Å². The van der Waals surface area contributed by atoms with Crippen LogP contribution in [0.1, 0.15) is 25.8 Å². The number of esters is 1.